The summed E-state index contributed by atoms with van der Waals surface area (Å²) in [5.74, 6) is 1.32. The molecule has 0 unspecified atom stereocenters. The van der Waals surface area contributed by atoms with Crippen molar-refractivity contribution in [3.8, 4) is 0 Å². The highest BCUT2D eigenvalue weighted by molar-refractivity contribution is 5.83. The van der Waals surface area contributed by atoms with E-state index >= 15 is 0 Å². The maximum Gasteiger partial charge on any atom is 0.0990 e. The fourth-order valence-electron chi connectivity index (χ4n) is 2.38. The minimum Gasteiger partial charge on any atom is -0.357 e. The highest BCUT2D eigenvalue weighted by Gasteiger charge is 2.14. The molecule has 0 spiro atoms. The second-order valence-corrected chi connectivity index (χ2v) is 5.05. The molecule has 0 atom stereocenters. The van der Waals surface area contributed by atoms with Gasteiger partial charge in [-0.25, -0.2) is 0 Å². The van der Waals surface area contributed by atoms with E-state index in [1.807, 2.05) is 0 Å². The van der Waals surface area contributed by atoms with Gasteiger partial charge in [0.05, 0.1) is 12.4 Å². The summed E-state index contributed by atoms with van der Waals surface area (Å²) in [6, 6.07) is 10.6. The number of hydrogen-bond donors (Lipinski definition) is 1. The Labute approximate surface area is 116 Å². The third-order valence-electron chi connectivity index (χ3n) is 3.51. The van der Waals surface area contributed by atoms with E-state index in [1.54, 1.807) is 0 Å². The molecule has 0 aromatic heterocycles. The first kappa shape index (κ1) is 14.1. The highest BCUT2D eigenvalue weighted by Crippen LogP contribution is 2.08. The third kappa shape index (κ3) is 4.67. The zero-order valence-corrected chi connectivity index (χ0v) is 11.9. The fraction of sp³-hybridized carbons (Fsp3) is 0.562. The summed E-state index contributed by atoms with van der Waals surface area (Å²) in [5.41, 5.74) is 1.35. The van der Waals surface area contributed by atoms with Gasteiger partial charge >= 0.3 is 0 Å². The Balaban J connectivity index is 1.64. The summed E-state index contributed by atoms with van der Waals surface area (Å²) in [5, 5.41) is 3.51. The summed E-state index contributed by atoms with van der Waals surface area (Å²) in [6.45, 7) is 7.39. The minimum atomic E-state index is 0.954. The van der Waals surface area contributed by atoms with Crippen LogP contribution in [-0.4, -0.2) is 36.9 Å². The van der Waals surface area contributed by atoms with Gasteiger partial charge in [0.25, 0.3) is 0 Å². The molecule has 1 heterocycles. The van der Waals surface area contributed by atoms with Gasteiger partial charge in [0.15, 0.2) is 0 Å². The first-order chi connectivity index (χ1) is 9.40. The van der Waals surface area contributed by atoms with Gasteiger partial charge in [-0.05, 0) is 12.0 Å². The molecule has 0 saturated heterocycles. The van der Waals surface area contributed by atoms with Crippen molar-refractivity contribution in [1.29, 1.82) is 0 Å². The maximum absolute atomic E-state index is 4.61. The van der Waals surface area contributed by atoms with Crippen molar-refractivity contribution >= 4 is 5.84 Å². The van der Waals surface area contributed by atoms with E-state index in [-0.39, 0.29) is 0 Å². The molecule has 19 heavy (non-hydrogen) atoms. The van der Waals surface area contributed by atoms with E-state index in [1.165, 1.54) is 24.2 Å². The second kappa shape index (κ2) is 7.95. The summed E-state index contributed by atoms with van der Waals surface area (Å²) >= 11 is 0. The van der Waals surface area contributed by atoms with Crippen LogP contribution < -0.4 is 5.32 Å². The number of nitrogens with zero attached hydrogens (tertiary/aromatic N) is 2. The lowest BCUT2D eigenvalue weighted by molar-refractivity contribution is 0.434. The van der Waals surface area contributed by atoms with Crippen molar-refractivity contribution in [3.05, 3.63) is 35.9 Å². The Bertz CT molecular complexity index is 386. The SMILES string of the molecule is CCCCC1=NCCN1CCNCc1ccccc1. The Hall–Kier alpha value is -1.35. The van der Waals surface area contributed by atoms with Crippen molar-refractivity contribution in [2.75, 3.05) is 26.2 Å². The van der Waals surface area contributed by atoms with E-state index < -0.39 is 0 Å². The summed E-state index contributed by atoms with van der Waals surface area (Å²) in [4.78, 5) is 7.04. The van der Waals surface area contributed by atoms with Crippen LogP contribution in [0.2, 0.25) is 0 Å². The number of rotatable bonds is 8. The molecule has 1 aliphatic heterocycles. The van der Waals surface area contributed by atoms with Crippen LogP contribution in [-0.2, 0) is 6.54 Å². The van der Waals surface area contributed by atoms with Crippen LogP contribution in [0.1, 0.15) is 31.7 Å². The average Bonchev–Trinajstić information content (AvgIpc) is 2.90. The number of aliphatic imine (C=N–C) groups is 1. The van der Waals surface area contributed by atoms with Crippen molar-refractivity contribution in [3.63, 3.8) is 0 Å². The van der Waals surface area contributed by atoms with Gasteiger partial charge in [-0.1, -0.05) is 43.7 Å². The topological polar surface area (TPSA) is 27.6 Å². The first-order valence-electron chi connectivity index (χ1n) is 7.43. The van der Waals surface area contributed by atoms with Gasteiger partial charge in [0.2, 0.25) is 0 Å². The minimum absolute atomic E-state index is 0.954. The Kier molecular flexibility index (Phi) is 5.89. The van der Waals surface area contributed by atoms with Crippen molar-refractivity contribution < 1.29 is 0 Å². The molecular weight excluding hydrogens is 234 g/mol. The Morgan fingerprint density at radius 3 is 2.89 bits per heavy atom. The molecule has 0 saturated carbocycles. The molecule has 1 aromatic carbocycles. The number of hydrogen-bond acceptors (Lipinski definition) is 3. The van der Waals surface area contributed by atoms with Crippen LogP contribution >= 0.6 is 0 Å². The number of amidine groups is 1. The first-order valence-corrected chi connectivity index (χ1v) is 7.43. The van der Waals surface area contributed by atoms with Crippen LogP contribution in [0.25, 0.3) is 0 Å². The van der Waals surface area contributed by atoms with Crippen LogP contribution in [0, 0.1) is 0 Å². The molecule has 0 fully saturated rings. The third-order valence-corrected chi connectivity index (χ3v) is 3.51. The van der Waals surface area contributed by atoms with Gasteiger partial charge in [-0.2, -0.15) is 0 Å². The van der Waals surface area contributed by atoms with Gasteiger partial charge in [0, 0.05) is 32.6 Å². The van der Waals surface area contributed by atoms with Crippen LogP contribution in [0.15, 0.2) is 35.3 Å². The van der Waals surface area contributed by atoms with E-state index in [9.17, 15) is 0 Å². The Morgan fingerprint density at radius 2 is 2.11 bits per heavy atom. The van der Waals surface area contributed by atoms with E-state index in [2.05, 4.69) is 52.5 Å². The molecule has 2 rings (SSSR count). The highest BCUT2D eigenvalue weighted by atomic mass is 15.2. The zero-order chi connectivity index (χ0) is 13.3. The summed E-state index contributed by atoms with van der Waals surface area (Å²) in [6.07, 6.45) is 3.65. The van der Waals surface area contributed by atoms with Crippen LogP contribution in [0.5, 0.6) is 0 Å². The van der Waals surface area contributed by atoms with Gasteiger partial charge < -0.3 is 10.2 Å². The molecule has 0 radical (unpaired) electrons. The predicted molar refractivity (Wildman–Crippen MR) is 81.5 cm³/mol. The van der Waals surface area contributed by atoms with Crippen LogP contribution in [0.4, 0.5) is 0 Å². The Morgan fingerprint density at radius 1 is 1.26 bits per heavy atom. The lowest BCUT2D eigenvalue weighted by Gasteiger charge is -2.20. The molecule has 1 aliphatic rings. The summed E-state index contributed by atoms with van der Waals surface area (Å²) < 4.78 is 0. The quantitative estimate of drug-likeness (QED) is 0.727. The monoisotopic (exact) mass is 259 g/mol. The average molecular weight is 259 g/mol. The largest absolute Gasteiger partial charge is 0.357 e. The number of nitrogens with one attached hydrogen (secondary N) is 1. The normalized spacial score (nSPS) is 14.8. The molecule has 0 amide bonds. The second-order valence-electron chi connectivity index (χ2n) is 5.05. The van der Waals surface area contributed by atoms with E-state index in [0.29, 0.717) is 0 Å². The predicted octanol–water partition coefficient (Wildman–Crippen LogP) is 2.68. The molecule has 104 valence electrons. The van der Waals surface area contributed by atoms with E-state index in [4.69, 9.17) is 0 Å². The lowest BCUT2D eigenvalue weighted by atomic mass is 10.2. The standard InChI is InChI=1S/C16H25N3/c1-2-3-9-16-18-11-13-19(16)12-10-17-14-15-7-5-4-6-8-15/h4-8,17H,2-3,9-14H2,1H3. The molecule has 0 bridgehead atoms. The summed E-state index contributed by atoms with van der Waals surface area (Å²) in [7, 11) is 0. The molecule has 3 nitrogen and oxygen atoms in total. The van der Waals surface area contributed by atoms with Gasteiger partial charge in [-0.15, -0.1) is 0 Å². The van der Waals surface area contributed by atoms with Gasteiger partial charge in [0.1, 0.15) is 0 Å². The number of unbranched alkanes of at least 4 members (excludes halogenated alkanes) is 1. The molecule has 0 aliphatic carbocycles. The lowest BCUT2D eigenvalue weighted by Crippen LogP contribution is -2.34. The molecule has 1 N–H and O–H groups in total. The molecular formula is C16H25N3. The maximum atomic E-state index is 4.61. The molecule has 1 aromatic rings. The smallest absolute Gasteiger partial charge is 0.0990 e. The van der Waals surface area contributed by atoms with Crippen molar-refractivity contribution in [2.45, 2.75) is 32.7 Å². The van der Waals surface area contributed by atoms with Crippen LogP contribution in [0.3, 0.4) is 0 Å². The fourth-order valence-corrected chi connectivity index (χ4v) is 2.38. The zero-order valence-electron chi connectivity index (χ0n) is 11.9. The van der Waals surface area contributed by atoms with Gasteiger partial charge in [-0.3, -0.25) is 4.99 Å². The number of benzene rings is 1. The van der Waals surface area contributed by atoms with Crippen molar-refractivity contribution in [2.24, 2.45) is 4.99 Å². The molecule has 3 heteroatoms. The van der Waals surface area contributed by atoms with E-state index in [0.717, 1.165) is 39.1 Å². The van der Waals surface area contributed by atoms with Crippen molar-refractivity contribution in [1.82, 2.24) is 10.2 Å².